The van der Waals surface area contributed by atoms with Crippen LogP contribution >= 0.6 is 31.9 Å². The van der Waals surface area contributed by atoms with Crippen molar-refractivity contribution in [2.24, 2.45) is 10.2 Å². The number of rotatable bonds is 12. The van der Waals surface area contributed by atoms with Crippen molar-refractivity contribution in [2.45, 2.75) is 33.1 Å². The second-order valence-corrected chi connectivity index (χ2v) is 8.50. The number of carbonyl (C=O) groups is 2. The predicted molar refractivity (Wildman–Crippen MR) is 136 cm³/mol. The summed E-state index contributed by atoms with van der Waals surface area (Å²) in [6, 6.07) is 11.1. The lowest BCUT2D eigenvalue weighted by molar-refractivity contribution is -0.122. The molecule has 0 radical (unpaired) electrons. The minimum absolute atomic E-state index is 0.158. The largest absolute Gasteiger partial charge is 0.493 e. The molecule has 2 aromatic carbocycles. The molecule has 10 heteroatoms. The van der Waals surface area contributed by atoms with Gasteiger partial charge in [-0.1, -0.05) is 31.9 Å². The first kappa shape index (κ1) is 26.5. The zero-order valence-corrected chi connectivity index (χ0v) is 21.6. The molecule has 0 aromatic heterocycles. The minimum Gasteiger partial charge on any atom is -0.493 e. The Morgan fingerprint density at radius 2 is 1.24 bits per heavy atom. The van der Waals surface area contributed by atoms with Crippen molar-refractivity contribution in [2.75, 3.05) is 13.2 Å². The Bertz CT molecular complexity index is 932. The molecule has 2 N–H and O–H groups in total. The highest BCUT2D eigenvalue weighted by molar-refractivity contribution is 9.10. The number of carbonyl (C=O) groups excluding carboxylic acids is 2. The van der Waals surface area contributed by atoms with E-state index in [0.717, 1.165) is 20.1 Å². The standard InChI is InChI=1S/C23H26Br2N4O4/c1-3-32-20-10-8-18(24)12-16(20)14-26-28-22(30)6-5-7-23(31)29-27-15-17-13-19(25)9-11-21(17)33-4-2/h8-15H,3-7H2,1-2H3,(H,28,30)(H,29,31)/b26-14+,27-15+. The zero-order valence-electron chi connectivity index (χ0n) is 18.4. The second kappa shape index (κ2) is 14.4. The van der Waals surface area contributed by atoms with Crippen LogP contribution < -0.4 is 20.3 Å². The fraction of sp³-hybridized carbons (Fsp3) is 0.304. The third-order valence-corrected chi connectivity index (χ3v) is 5.12. The average molecular weight is 582 g/mol. The average Bonchev–Trinajstić information content (AvgIpc) is 2.77. The van der Waals surface area contributed by atoms with Crippen LogP contribution in [-0.4, -0.2) is 37.5 Å². The normalized spacial score (nSPS) is 11.0. The van der Waals surface area contributed by atoms with Gasteiger partial charge in [-0.05, 0) is 56.7 Å². The molecule has 0 unspecified atom stereocenters. The SMILES string of the molecule is CCOc1ccc(Br)cc1/C=N/NC(=O)CCCC(=O)N/N=C/c1cc(Br)ccc1OCC. The molecule has 0 spiro atoms. The van der Waals surface area contributed by atoms with Crippen molar-refractivity contribution in [1.29, 1.82) is 0 Å². The summed E-state index contributed by atoms with van der Waals surface area (Å²) >= 11 is 6.80. The lowest BCUT2D eigenvalue weighted by Crippen LogP contribution is -2.20. The van der Waals surface area contributed by atoms with E-state index in [0.29, 0.717) is 31.1 Å². The molecule has 0 fully saturated rings. The first-order chi connectivity index (χ1) is 15.9. The molecule has 8 nitrogen and oxygen atoms in total. The summed E-state index contributed by atoms with van der Waals surface area (Å²) in [5.74, 6) is 0.774. The highest BCUT2D eigenvalue weighted by atomic mass is 79.9. The molecular weight excluding hydrogens is 556 g/mol. The molecule has 0 aliphatic rings. The van der Waals surface area contributed by atoms with Gasteiger partial charge in [0.05, 0.1) is 25.6 Å². The number of halogens is 2. The number of hydrogen-bond donors (Lipinski definition) is 2. The molecule has 2 amide bonds. The van der Waals surface area contributed by atoms with E-state index in [9.17, 15) is 9.59 Å². The van der Waals surface area contributed by atoms with Crippen molar-refractivity contribution in [3.63, 3.8) is 0 Å². The molecule has 33 heavy (non-hydrogen) atoms. The fourth-order valence-corrected chi connectivity index (χ4v) is 3.44. The van der Waals surface area contributed by atoms with Crippen LogP contribution in [0.2, 0.25) is 0 Å². The summed E-state index contributed by atoms with van der Waals surface area (Å²) < 4.78 is 12.8. The third kappa shape index (κ3) is 9.75. The number of nitrogens with zero attached hydrogens (tertiary/aromatic N) is 2. The van der Waals surface area contributed by atoms with Crippen molar-refractivity contribution >= 4 is 56.1 Å². The predicted octanol–water partition coefficient (Wildman–Crippen LogP) is 4.78. The Hall–Kier alpha value is -2.72. The van der Waals surface area contributed by atoms with Gasteiger partial charge in [0, 0.05) is 32.9 Å². The molecule has 0 heterocycles. The third-order valence-electron chi connectivity index (χ3n) is 4.14. The van der Waals surface area contributed by atoms with Crippen molar-refractivity contribution < 1.29 is 19.1 Å². The maximum absolute atomic E-state index is 12.0. The highest BCUT2D eigenvalue weighted by Crippen LogP contribution is 2.22. The summed E-state index contributed by atoms with van der Waals surface area (Å²) in [6.07, 6.45) is 3.72. The number of amides is 2. The van der Waals surface area contributed by atoms with Gasteiger partial charge in [0.1, 0.15) is 11.5 Å². The second-order valence-electron chi connectivity index (χ2n) is 6.67. The zero-order chi connectivity index (χ0) is 24.1. The number of hydrogen-bond acceptors (Lipinski definition) is 6. The van der Waals surface area contributed by atoms with Gasteiger partial charge in [-0.2, -0.15) is 10.2 Å². The minimum atomic E-state index is -0.286. The van der Waals surface area contributed by atoms with Crippen LogP contribution in [0.3, 0.4) is 0 Å². The van der Waals surface area contributed by atoms with Gasteiger partial charge in [0.25, 0.3) is 0 Å². The summed E-state index contributed by atoms with van der Waals surface area (Å²) in [4.78, 5) is 24.0. The van der Waals surface area contributed by atoms with E-state index in [-0.39, 0.29) is 24.7 Å². The molecular formula is C23H26Br2N4O4. The van der Waals surface area contributed by atoms with E-state index >= 15 is 0 Å². The van der Waals surface area contributed by atoms with Gasteiger partial charge in [-0.25, -0.2) is 10.9 Å². The molecule has 2 aromatic rings. The topological polar surface area (TPSA) is 101 Å². The first-order valence-electron chi connectivity index (χ1n) is 10.4. The lowest BCUT2D eigenvalue weighted by atomic mass is 10.2. The number of benzene rings is 2. The molecule has 0 aliphatic carbocycles. The molecule has 0 aliphatic heterocycles. The van der Waals surface area contributed by atoms with Crippen LogP contribution in [0.1, 0.15) is 44.2 Å². The Labute approximate surface area is 210 Å². The number of ether oxygens (including phenoxy) is 2. The fourth-order valence-electron chi connectivity index (χ4n) is 2.68. The van der Waals surface area contributed by atoms with Gasteiger partial charge in [0.15, 0.2) is 0 Å². The van der Waals surface area contributed by atoms with E-state index in [4.69, 9.17) is 9.47 Å². The summed E-state index contributed by atoms with van der Waals surface area (Å²) in [5, 5.41) is 7.94. The van der Waals surface area contributed by atoms with E-state index < -0.39 is 0 Å². The highest BCUT2D eigenvalue weighted by Gasteiger charge is 2.06. The Balaban J connectivity index is 1.75. The maximum atomic E-state index is 12.0. The summed E-state index contributed by atoms with van der Waals surface area (Å²) in [7, 11) is 0. The van der Waals surface area contributed by atoms with Gasteiger partial charge in [-0.15, -0.1) is 0 Å². The molecule has 0 atom stereocenters. The molecule has 0 bridgehead atoms. The summed E-state index contributed by atoms with van der Waals surface area (Å²) in [6.45, 7) is 4.84. The van der Waals surface area contributed by atoms with Gasteiger partial charge in [0.2, 0.25) is 11.8 Å². The van der Waals surface area contributed by atoms with Crippen LogP contribution in [0.25, 0.3) is 0 Å². The Morgan fingerprint density at radius 1 is 0.818 bits per heavy atom. The van der Waals surface area contributed by atoms with Crippen molar-refractivity contribution in [3.05, 3.63) is 56.5 Å². The van der Waals surface area contributed by atoms with Crippen LogP contribution in [0.15, 0.2) is 55.5 Å². The van der Waals surface area contributed by atoms with Crippen LogP contribution in [-0.2, 0) is 9.59 Å². The van der Waals surface area contributed by atoms with E-state index in [2.05, 4.69) is 52.9 Å². The van der Waals surface area contributed by atoms with E-state index in [1.165, 1.54) is 12.4 Å². The molecule has 176 valence electrons. The smallest absolute Gasteiger partial charge is 0.240 e. The van der Waals surface area contributed by atoms with Crippen LogP contribution in [0.5, 0.6) is 11.5 Å². The number of nitrogens with one attached hydrogen (secondary N) is 2. The number of hydrazone groups is 2. The monoisotopic (exact) mass is 580 g/mol. The van der Waals surface area contributed by atoms with Gasteiger partial charge < -0.3 is 9.47 Å². The molecule has 0 saturated carbocycles. The van der Waals surface area contributed by atoms with Gasteiger partial charge >= 0.3 is 0 Å². The molecule has 0 saturated heterocycles. The quantitative estimate of drug-likeness (QED) is 0.278. The van der Waals surface area contributed by atoms with Gasteiger partial charge in [-0.3, -0.25) is 9.59 Å². The lowest BCUT2D eigenvalue weighted by Gasteiger charge is -2.07. The maximum Gasteiger partial charge on any atom is 0.240 e. The van der Waals surface area contributed by atoms with Crippen molar-refractivity contribution in [3.8, 4) is 11.5 Å². The van der Waals surface area contributed by atoms with Crippen LogP contribution in [0.4, 0.5) is 0 Å². The van der Waals surface area contributed by atoms with E-state index in [1.807, 2.05) is 50.2 Å². The Kier molecular flexibility index (Phi) is 11.6. The van der Waals surface area contributed by atoms with Crippen LogP contribution in [0, 0.1) is 0 Å². The molecule has 2 rings (SSSR count). The first-order valence-corrected chi connectivity index (χ1v) is 12.0. The van der Waals surface area contributed by atoms with E-state index in [1.54, 1.807) is 0 Å². The van der Waals surface area contributed by atoms with Crippen molar-refractivity contribution in [1.82, 2.24) is 10.9 Å². The summed E-state index contributed by atoms with van der Waals surface area (Å²) in [5.41, 5.74) is 6.40. The Morgan fingerprint density at radius 3 is 1.64 bits per heavy atom.